The molecule has 26 heavy (non-hydrogen) atoms. The van der Waals surface area contributed by atoms with Gasteiger partial charge in [0, 0.05) is 18.2 Å². The van der Waals surface area contributed by atoms with Crippen molar-refractivity contribution in [1.29, 1.82) is 0 Å². The Morgan fingerprint density at radius 3 is 2.77 bits per heavy atom. The molecule has 1 amide bonds. The molecule has 7 heteroatoms. The van der Waals surface area contributed by atoms with Gasteiger partial charge in [0.15, 0.2) is 11.6 Å². The molecular formula is C19H16F2N2O3. The Hall–Kier alpha value is -3.22. The summed E-state index contributed by atoms with van der Waals surface area (Å²) in [6.45, 7) is 0.579. The van der Waals surface area contributed by atoms with Crippen LogP contribution in [-0.2, 0) is 0 Å². The van der Waals surface area contributed by atoms with Gasteiger partial charge in [-0.2, -0.15) is 0 Å². The fraction of sp³-hybridized carbons (Fsp3) is 0.158. The average Bonchev–Trinajstić information content (AvgIpc) is 3.13. The third-order valence-electron chi connectivity index (χ3n) is 3.56. The van der Waals surface area contributed by atoms with Crippen molar-refractivity contribution in [3.8, 4) is 17.0 Å². The van der Waals surface area contributed by atoms with Gasteiger partial charge in [-0.25, -0.2) is 8.78 Å². The van der Waals surface area contributed by atoms with E-state index in [1.807, 2.05) is 0 Å². The maximum atomic E-state index is 13.4. The fourth-order valence-electron chi connectivity index (χ4n) is 2.27. The second kappa shape index (κ2) is 8.24. The molecule has 5 nitrogen and oxygen atoms in total. The third kappa shape index (κ3) is 4.44. The number of carbonyl (C=O) groups excluding carboxylic acids is 1. The van der Waals surface area contributed by atoms with Crippen LogP contribution in [0.25, 0.3) is 11.3 Å². The Morgan fingerprint density at radius 2 is 1.96 bits per heavy atom. The maximum absolute atomic E-state index is 13.4. The average molecular weight is 358 g/mol. The molecule has 0 aliphatic rings. The number of hydrogen-bond acceptors (Lipinski definition) is 4. The number of nitrogens with one attached hydrogen (secondary N) is 1. The Morgan fingerprint density at radius 1 is 1.12 bits per heavy atom. The first-order chi connectivity index (χ1) is 12.6. The number of amides is 1. The minimum atomic E-state index is -0.439. The number of nitrogens with zero attached hydrogens (tertiary/aromatic N) is 1. The highest BCUT2D eigenvalue weighted by Crippen LogP contribution is 2.20. The van der Waals surface area contributed by atoms with Gasteiger partial charge in [-0.05, 0) is 30.7 Å². The number of carbonyl (C=O) groups is 1. The highest BCUT2D eigenvalue weighted by atomic mass is 19.1. The molecule has 0 fully saturated rings. The van der Waals surface area contributed by atoms with E-state index in [0.29, 0.717) is 24.2 Å². The van der Waals surface area contributed by atoms with Gasteiger partial charge in [-0.1, -0.05) is 29.4 Å². The SMILES string of the molecule is O=C(NCCCOc1ccccc1F)c1cc(-c2cccc(F)c2)no1. The Labute approximate surface area is 148 Å². The van der Waals surface area contributed by atoms with Crippen LogP contribution in [0.5, 0.6) is 5.75 Å². The van der Waals surface area contributed by atoms with Crippen molar-refractivity contribution >= 4 is 5.91 Å². The first kappa shape index (κ1) is 17.6. The van der Waals surface area contributed by atoms with Gasteiger partial charge in [-0.15, -0.1) is 0 Å². The first-order valence-corrected chi connectivity index (χ1v) is 8.01. The van der Waals surface area contributed by atoms with E-state index in [0.717, 1.165) is 0 Å². The molecule has 1 aromatic heterocycles. The number of hydrogen-bond donors (Lipinski definition) is 1. The number of ether oxygens (including phenoxy) is 1. The monoisotopic (exact) mass is 358 g/mol. The van der Waals surface area contributed by atoms with E-state index in [-0.39, 0.29) is 18.1 Å². The molecule has 3 aromatic rings. The van der Waals surface area contributed by atoms with Crippen LogP contribution in [-0.4, -0.2) is 24.2 Å². The van der Waals surface area contributed by atoms with Gasteiger partial charge >= 0.3 is 0 Å². The lowest BCUT2D eigenvalue weighted by atomic mass is 10.1. The highest BCUT2D eigenvalue weighted by molar-refractivity contribution is 5.92. The zero-order chi connectivity index (χ0) is 18.4. The lowest BCUT2D eigenvalue weighted by molar-refractivity contribution is 0.0914. The van der Waals surface area contributed by atoms with E-state index in [4.69, 9.17) is 9.26 Å². The highest BCUT2D eigenvalue weighted by Gasteiger charge is 2.14. The molecule has 3 rings (SSSR count). The van der Waals surface area contributed by atoms with Gasteiger partial charge < -0.3 is 14.6 Å². The summed E-state index contributed by atoms with van der Waals surface area (Å²) < 4.78 is 36.9. The van der Waals surface area contributed by atoms with Crippen LogP contribution >= 0.6 is 0 Å². The van der Waals surface area contributed by atoms with Crippen LogP contribution in [0.4, 0.5) is 8.78 Å². The van der Waals surface area contributed by atoms with E-state index in [1.165, 1.54) is 30.3 Å². The van der Waals surface area contributed by atoms with E-state index in [9.17, 15) is 13.6 Å². The van der Waals surface area contributed by atoms with Gasteiger partial charge in [0.05, 0.1) is 6.61 Å². The van der Waals surface area contributed by atoms with Crippen LogP contribution in [0.15, 0.2) is 59.1 Å². The third-order valence-corrected chi connectivity index (χ3v) is 3.56. The van der Waals surface area contributed by atoms with Crippen molar-refractivity contribution in [3.05, 3.63) is 72.0 Å². The van der Waals surface area contributed by atoms with Crippen molar-refractivity contribution in [2.45, 2.75) is 6.42 Å². The second-order valence-corrected chi connectivity index (χ2v) is 5.48. The number of halogens is 2. The second-order valence-electron chi connectivity index (χ2n) is 5.48. The first-order valence-electron chi connectivity index (χ1n) is 8.01. The normalized spacial score (nSPS) is 10.5. The van der Waals surface area contributed by atoms with E-state index >= 15 is 0 Å². The van der Waals surface area contributed by atoms with Crippen molar-refractivity contribution in [2.24, 2.45) is 0 Å². The molecule has 0 aliphatic heterocycles. The molecule has 0 aliphatic carbocycles. The molecule has 0 saturated heterocycles. The Bertz CT molecular complexity index is 896. The molecule has 0 unspecified atom stereocenters. The van der Waals surface area contributed by atoms with E-state index in [2.05, 4.69) is 10.5 Å². The minimum absolute atomic E-state index is 0.0271. The molecule has 0 spiro atoms. The summed E-state index contributed by atoms with van der Waals surface area (Å²) in [6, 6.07) is 13.4. The summed E-state index contributed by atoms with van der Waals surface area (Å²) in [5.41, 5.74) is 0.892. The van der Waals surface area contributed by atoms with Crippen molar-refractivity contribution < 1.29 is 22.8 Å². The number of benzene rings is 2. The predicted molar refractivity (Wildman–Crippen MR) is 90.7 cm³/mol. The fourth-order valence-corrected chi connectivity index (χ4v) is 2.27. The molecule has 0 bridgehead atoms. The smallest absolute Gasteiger partial charge is 0.289 e. The summed E-state index contributed by atoms with van der Waals surface area (Å²) >= 11 is 0. The topological polar surface area (TPSA) is 64.4 Å². The summed E-state index contributed by atoms with van der Waals surface area (Å²) in [4.78, 5) is 12.0. The standard InChI is InChI=1S/C19H16F2N2O3/c20-14-6-3-5-13(11-14)16-12-18(26-23-16)19(24)22-9-4-10-25-17-8-2-1-7-15(17)21/h1-3,5-8,11-12H,4,9-10H2,(H,22,24). The lowest BCUT2D eigenvalue weighted by Crippen LogP contribution is -2.25. The Kier molecular flexibility index (Phi) is 5.58. The lowest BCUT2D eigenvalue weighted by Gasteiger charge is -2.07. The molecule has 0 saturated carbocycles. The molecule has 0 radical (unpaired) electrons. The summed E-state index contributed by atoms with van der Waals surface area (Å²) in [5.74, 6) is -1.06. The molecule has 1 heterocycles. The van der Waals surface area contributed by atoms with Gasteiger partial charge in [0.2, 0.25) is 5.76 Å². The van der Waals surface area contributed by atoms with Crippen LogP contribution in [0.2, 0.25) is 0 Å². The summed E-state index contributed by atoms with van der Waals surface area (Å²) in [5, 5.41) is 6.43. The van der Waals surface area contributed by atoms with Crippen LogP contribution in [0.3, 0.4) is 0 Å². The van der Waals surface area contributed by atoms with E-state index < -0.39 is 17.5 Å². The van der Waals surface area contributed by atoms with Crippen LogP contribution < -0.4 is 10.1 Å². The zero-order valence-electron chi connectivity index (χ0n) is 13.7. The van der Waals surface area contributed by atoms with Crippen molar-refractivity contribution in [1.82, 2.24) is 10.5 Å². The van der Waals surface area contributed by atoms with Crippen molar-refractivity contribution in [3.63, 3.8) is 0 Å². The summed E-state index contributed by atoms with van der Waals surface area (Å²) in [7, 11) is 0. The minimum Gasteiger partial charge on any atom is -0.490 e. The molecule has 1 N–H and O–H groups in total. The largest absolute Gasteiger partial charge is 0.490 e. The van der Waals surface area contributed by atoms with Gasteiger partial charge in [0.1, 0.15) is 11.5 Å². The molecule has 0 atom stereocenters. The van der Waals surface area contributed by atoms with Crippen LogP contribution in [0, 0.1) is 11.6 Å². The van der Waals surface area contributed by atoms with E-state index in [1.54, 1.807) is 24.3 Å². The quantitative estimate of drug-likeness (QED) is 0.652. The van der Waals surface area contributed by atoms with Gasteiger partial charge in [-0.3, -0.25) is 4.79 Å². The van der Waals surface area contributed by atoms with Gasteiger partial charge in [0.25, 0.3) is 5.91 Å². The molecular weight excluding hydrogens is 342 g/mol. The van der Waals surface area contributed by atoms with Crippen LogP contribution in [0.1, 0.15) is 17.0 Å². The van der Waals surface area contributed by atoms with Crippen molar-refractivity contribution in [2.75, 3.05) is 13.2 Å². The zero-order valence-corrected chi connectivity index (χ0v) is 13.7. The number of rotatable bonds is 7. The molecule has 134 valence electrons. The summed E-state index contributed by atoms with van der Waals surface area (Å²) in [6.07, 6.45) is 0.491. The number of aromatic nitrogens is 1. The molecule has 2 aromatic carbocycles. The Balaban J connectivity index is 1.46. The predicted octanol–water partition coefficient (Wildman–Crippen LogP) is 3.82. The maximum Gasteiger partial charge on any atom is 0.289 e. The number of para-hydroxylation sites is 1.